The van der Waals surface area contributed by atoms with Crippen LogP contribution in [0, 0.1) is 0 Å². The SMILES string of the molecule is COc1ccccc1N1CCN(C(=O)c2ccc(NS(=O)(=O)c3cn(C)cn3)cc2)CC1. The predicted molar refractivity (Wildman–Crippen MR) is 122 cm³/mol. The highest BCUT2D eigenvalue weighted by molar-refractivity contribution is 7.92. The highest BCUT2D eigenvalue weighted by Crippen LogP contribution is 2.28. The van der Waals surface area contributed by atoms with Crippen molar-refractivity contribution in [2.24, 2.45) is 7.05 Å². The lowest BCUT2D eigenvalue weighted by Gasteiger charge is -2.36. The van der Waals surface area contributed by atoms with Crippen LogP contribution in [0.15, 0.2) is 66.1 Å². The Morgan fingerprint density at radius 2 is 1.72 bits per heavy atom. The lowest BCUT2D eigenvalue weighted by atomic mass is 10.1. The number of hydrogen-bond acceptors (Lipinski definition) is 6. The Hall–Kier alpha value is -3.53. The number of carbonyl (C=O) groups excluding carboxylic acids is 1. The van der Waals surface area contributed by atoms with E-state index in [1.807, 2.05) is 24.3 Å². The molecule has 0 saturated carbocycles. The molecule has 0 atom stereocenters. The number of para-hydroxylation sites is 2. The minimum atomic E-state index is -3.78. The molecule has 10 heteroatoms. The number of nitrogens with one attached hydrogen (secondary N) is 1. The molecule has 1 aliphatic heterocycles. The summed E-state index contributed by atoms with van der Waals surface area (Å²) in [6.07, 6.45) is 2.84. The molecule has 2 heterocycles. The average molecular weight is 456 g/mol. The van der Waals surface area contributed by atoms with E-state index < -0.39 is 10.0 Å². The number of sulfonamides is 1. The van der Waals surface area contributed by atoms with Crippen LogP contribution in [0.25, 0.3) is 0 Å². The number of imidazole rings is 1. The number of anilines is 2. The van der Waals surface area contributed by atoms with Crippen LogP contribution in [0.5, 0.6) is 5.75 Å². The smallest absolute Gasteiger partial charge is 0.280 e. The molecule has 1 amide bonds. The zero-order chi connectivity index (χ0) is 22.7. The molecule has 32 heavy (non-hydrogen) atoms. The van der Waals surface area contributed by atoms with Gasteiger partial charge in [0.05, 0.1) is 19.1 Å². The van der Waals surface area contributed by atoms with Gasteiger partial charge < -0.3 is 19.1 Å². The molecule has 2 aromatic carbocycles. The Kier molecular flexibility index (Phi) is 6.04. The second-order valence-electron chi connectivity index (χ2n) is 7.51. The van der Waals surface area contributed by atoms with E-state index in [2.05, 4.69) is 14.6 Å². The zero-order valence-electron chi connectivity index (χ0n) is 17.9. The molecular formula is C22H25N5O4S. The molecule has 0 unspecified atom stereocenters. The molecule has 9 nitrogen and oxygen atoms in total. The molecule has 3 aromatic rings. The van der Waals surface area contributed by atoms with Gasteiger partial charge in [-0.2, -0.15) is 8.42 Å². The highest BCUT2D eigenvalue weighted by Gasteiger charge is 2.24. The van der Waals surface area contributed by atoms with Gasteiger partial charge in [-0.15, -0.1) is 0 Å². The first kappa shape index (κ1) is 21.7. The van der Waals surface area contributed by atoms with Crippen molar-refractivity contribution in [2.45, 2.75) is 5.03 Å². The van der Waals surface area contributed by atoms with Crippen molar-refractivity contribution in [3.05, 3.63) is 66.6 Å². The Labute approximate surface area is 187 Å². The summed E-state index contributed by atoms with van der Waals surface area (Å²) >= 11 is 0. The molecule has 0 aliphatic carbocycles. The molecule has 0 bridgehead atoms. The van der Waals surface area contributed by atoms with Gasteiger partial charge in [-0.05, 0) is 36.4 Å². The molecule has 1 aromatic heterocycles. The van der Waals surface area contributed by atoms with Crippen molar-refractivity contribution in [3.8, 4) is 5.75 Å². The van der Waals surface area contributed by atoms with Crippen molar-refractivity contribution in [3.63, 3.8) is 0 Å². The maximum absolute atomic E-state index is 12.9. The first-order chi connectivity index (χ1) is 15.4. The van der Waals surface area contributed by atoms with E-state index in [1.54, 1.807) is 47.9 Å². The number of aromatic nitrogens is 2. The van der Waals surface area contributed by atoms with Crippen LogP contribution in [0.4, 0.5) is 11.4 Å². The maximum Gasteiger partial charge on any atom is 0.280 e. The molecule has 1 N–H and O–H groups in total. The molecular weight excluding hydrogens is 430 g/mol. The van der Waals surface area contributed by atoms with E-state index in [1.165, 1.54) is 12.5 Å². The fourth-order valence-electron chi connectivity index (χ4n) is 3.64. The molecule has 1 fully saturated rings. The largest absolute Gasteiger partial charge is 0.495 e. The lowest BCUT2D eigenvalue weighted by molar-refractivity contribution is 0.0746. The minimum absolute atomic E-state index is 0.0620. The van der Waals surface area contributed by atoms with Gasteiger partial charge in [-0.25, -0.2) is 4.98 Å². The van der Waals surface area contributed by atoms with Gasteiger partial charge in [0.1, 0.15) is 5.75 Å². The summed E-state index contributed by atoms with van der Waals surface area (Å²) in [5.74, 6) is 0.736. The Bertz CT molecular complexity index is 1200. The van der Waals surface area contributed by atoms with E-state index in [0.29, 0.717) is 37.4 Å². The lowest BCUT2D eigenvalue weighted by Crippen LogP contribution is -2.48. The van der Waals surface area contributed by atoms with Crippen LogP contribution in [0.2, 0.25) is 0 Å². The first-order valence-electron chi connectivity index (χ1n) is 10.2. The fourth-order valence-corrected chi connectivity index (χ4v) is 4.68. The second-order valence-corrected chi connectivity index (χ2v) is 9.14. The van der Waals surface area contributed by atoms with Gasteiger partial charge in [-0.1, -0.05) is 12.1 Å². The maximum atomic E-state index is 12.9. The summed E-state index contributed by atoms with van der Waals surface area (Å²) < 4.78 is 34.3. The van der Waals surface area contributed by atoms with Crippen molar-refractivity contribution in [1.82, 2.24) is 14.5 Å². The van der Waals surface area contributed by atoms with Gasteiger partial charge in [0, 0.05) is 50.7 Å². The van der Waals surface area contributed by atoms with Crippen molar-refractivity contribution in [2.75, 3.05) is 42.9 Å². The van der Waals surface area contributed by atoms with Gasteiger partial charge >= 0.3 is 0 Å². The normalized spacial score (nSPS) is 14.3. The summed E-state index contributed by atoms with van der Waals surface area (Å²) in [6.45, 7) is 2.58. The van der Waals surface area contributed by atoms with Gasteiger partial charge in [0.15, 0.2) is 5.03 Å². The van der Waals surface area contributed by atoms with E-state index in [9.17, 15) is 13.2 Å². The van der Waals surface area contributed by atoms with E-state index in [4.69, 9.17) is 4.74 Å². The third-order valence-corrected chi connectivity index (χ3v) is 6.60. The summed E-state index contributed by atoms with van der Waals surface area (Å²) in [4.78, 5) is 20.8. The van der Waals surface area contributed by atoms with Gasteiger partial charge in [0.2, 0.25) is 0 Å². The molecule has 0 spiro atoms. The number of rotatable bonds is 6. The van der Waals surface area contributed by atoms with Crippen LogP contribution < -0.4 is 14.4 Å². The molecule has 4 rings (SSSR count). The minimum Gasteiger partial charge on any atom is -0.495 e. The van der Waals surface area contributed by atoms with Crippen LogP contribution in [-0.4, -0.2) is 62.1 Å². The fraction of sp³-hybridized carbons (Fsp3) is 0.273. The Balaban J connectivity index is 1.38. The number of hydrogen-bond donors (Lipinski definition) is 1. The quantitative estimate of drug-likeness (QED) is 0.612. The van der Waals surface area contributed by atoms with E-state index in [-0.39, 0.29) is 10.9 Å². The van der Waals surface area contributed by atoms with Gasteiger partial charge in [0.25, 0.3) is 15.9 Å². The topological polar surface area (TPSA) is 96.8 Å². The predicted octanol–water partition coefficient (Wildman–Crippen LogP) is 2.19. The van der Waals surface area contributed by atoms with Crippen LogP contribution in [0.3, 0.4) is 0 Å². The van der Waals surface area contributed by atoms with Crippen molar-refractivity contribution < 1.29 is 17.9 Å². The van der Waals surface area contributed by atoms with Crippen molar-refractivity contribution >= 4 is 27.3 Å². The first-order valence-corrected chi connectivity index (χ1v) is 11.6. The summed E-state index contributed by atoms with van der Waals surface area (Å²) in [5, 5.41) is -0.0620. The number of amides is 1. The summed E-state index contributed by atoms with van der Waals surface area (Å²) in [7, 11) is -0.429. The van der Waals surface area contributed by atoms with Crippen LogP contribution >= 0.6 is 0 Å². The number of benzene rings is 2. The Morgan fingerprint density at radius 1 is 1.03 bits per heavy atom. The van der Waals surface area contributed by atoms with Gasteiger partial charge in [-0.3, -0.25) is 9.52 Å². The number of ether oxygens (including phenoxy) is 1. The number of aryl methyl sites for hydroxylation is 1. The van der Waals surface area contributed by atoms with E-state index in [0.717, 1.165) is 11.4 Å². The number of methoxy groups -OCH3 is 1. The second kappa shape index (κ2) is 8.91. The Morgan fingerprint density at radius 3 is 2.34 bits per heavy atom. The number of carbonyl (C=O) groups is 1. The molecule has 0 radical (unpaired) electrons. The third kappa shape index (κ3) is 4.54. The van der Waals surface area contributed by atoms with Crippen LogP contribution in [-0.2, 0) is 17.1 Å². The molecule has 1 saturated heterocycles. The molecule has 168 valence electrons. The number of piperazine rings is 1. The third-order valence-electron chi connectivity index (χ3n) is 5.33. The molecule has 1 aliphatic rings. The standard InChI is InChI=1S/C22H25N5O4S/c1-25-15-21(23-16-25)32(29,30)24-18-9-7-17(8-10-18)22(28)27-13-11-26(12-14-27)19-5-3-4-6-20(19)31-2/h3-10,15-16,24H,11-14H2,1-2H3. The summed E-state index contributed by atoms with van der Waals surface area (Å²) in [5.41, 5.74) is 1.90. The summed E-state index contributed by atoms with van der Waals surface area (Å²) in [6, 6.07) is 14.3. The highest BCUT2D eigenvalue weighted by atomic mass is 32.2. The number of nitrogens with zero attached hydrogens (tertiary/aromatic N) is 4. The zero-order valence-corrected chi connectivity index (χ0v) is 18.7. The monoisotopic (exact) mass is 455 g/mol. The van der Waals surface area contributed by atoms with Crippen molar-refractivity contribution in [1.29, 1.82) is 0 Å². The van der Waals surface area contributed by atoms with E-state index >= 15 is 0 Å². The average Bonchev–Trinajstić information content (AvgIpc) is 3.26. The van der Waals surface area contributed by atoms with Crippen LogP contribution in [0.1, 0.15) is 10.4 Å².